The third kappa shape index (κ3) is 3.75. The first-order valence-electron chi connectivity index (χ1n) is 7.66. The zero-order chi connectivity index (χ0) is 17.9. The summed E-state index contributed by atoms with van der Waals surface area (Å²) in [5.41, 5.74) is 1.23. The van der Waals surface area contributed by atoms with Gasteiger partial charge in [0, 0.05) is 12.8 Å². The molecule has 0 fully saturated rings. The van der Waals surface area contributed by atoms with E-state index in [0.717, 1.165) is 6.07 Å². The summed E-state index contributed by atoms with van der Waals surface area (Å²) >= 11 is 0. The number of imidazole rings is 1. The molecular weight excluding hydrogens is 322 g/mol. The Morgan fingerprint density at radius 1 is 1.21 bits per heavy atom. The molecule has 3 nitrogen and oxygen atoms in total. The van der Waals surface area contributed by atoms with Crippen molar-refractivity contribution in [3.05, 3.63) is 46.8 Å². The Labute approximate surface area is 137 Å². The fourth-order valence-electron chi connectivity index (χ4n) is 2.55. The molecular formula is C17H17F4N3. The molecule has 0 bridgehead atoms. The number of hydrogen-bond acceptors (Lipinski definition) is 2. The largest absolute Gasteiger partial charge is 0.389 e. The van der Waals surface area contributed by atoms with Gasteiger partial charge in [0.25, 0.3) is 0 Å². The minimum atomic E-state index is -4.28. The van der Waals surface area contributed by atoms with Gasteiger partial charge in [-0.15, -0.1) is 0 Å². The molecule has 2 aromatic rings. The monoisotopic (exact) mass is 339 g/mol. The van der Waals surface area contributed by atoms with Crippen molar-refractivity contribution >= 4 is 0 Å². The highest BCUT2D eigenvalue weighted by Gasteiger charge is 2.26. The summed E-state index contributed by atoms with van der Waals surface area (Å²) in [5, 5.41) is 9.36. The number of aryl methyl sites for hydroxylation is 3. The molecule has 0 unspecified atom stereocenters. The van der Waals surface area contributed by atoms with E-state index in [1.54, 1.807) is 0 Å². The van der Waals surface area contributed by atoms with E-state index in [-0.39, 0.29) is 23.4 Å². The van der Waals surface area contributed by atoms with Gasteiger partial charge in [-0.3, -0.25) is 4.57 Å². The second-order valence-corrected chi connectivity index (χ2v) is 5.38. The molecule has 0 aliphatic carbocycles. The number of alkyl halides is 3. The van der Waals surface area contributed by atoms with Crippen LogP contribution in [0.5, 0.6) is 0 Å². The van der Waals surface area contributed by atoms with E-state index in [1.807, 2.05) is 19.9 Å². The zero-order valence-electron chi connectivity index (χ0n) is 13.4. The molecule has 1 aromatic heterocycles. The summed E-state index contributed by atoms with van der Waals surface area (Å²) in [4.78, 5) is 4.35. The van der Waals surface area contributed by atoms with Gasteiger partial charge in [-0.25, -0.2) is 9.37 Å². The van der Waals surface area contributed by atoms with Crippen LogP contribution in [-0.2, 0) is 19.3 Å². The average molecular weight is 339 g/mol. The molecule has 0 saturated carbocycles. The number of rotatable bonds is 5. The highest BCUT2D eigenvalue weighted by molar-refractivity contribution is 5.44. The predicted octanol–water partition coefficient (Wildman–Crippen LogP) is 4.50. The lowest BCUT2D eigenvalue weighted by molar-refractivity contribution is -0.134. The number of nitriles is 1. The second kappa shape index (κ2) is 7.04. The van der Waals surface area contributed by atoms with E-state index in [0.29, 0.717) is 24.4 Å². The van der Waals surface area contributed by atoms with Gasteiger partial charge in [-0.1, -0.05) is 19.9 Å². The van der Waals surface area contributed by atoms with Gasteiger partial charge in [0.1, 0.15) is 23.4 Å². The summed E-state index contributed by atoms with van der Waals surface area (Å²) in [6.07, 6.45) is -4.52. The van der Waals surface area contributed by atoms with Crippen molar-refractivity contribution in [3.8, 4) is 11.8 Å². The maximum absolute atomic E-state index is 14.5. The van der Waals surface area contributed by atoms with Crippen LogP contribution in [0.2, 0.25) is 0 Å². The molecule has 0 saturated heterocycles. The molecule has 128 valence electrons. The van der Waals surface area contributed by atoms with Crippen LogP contribution in [0.1, 0.15) is 43.0 Å². The van der Waals surface area contributed by atoms with Crippen molar-refractivity contribution in [2.24, 2.45) is 0 Å². The van der Waals surface area contributed by atoms with E-state index in [1.165, 1.54) is 16.7 Å². The van der Waals surface area contributed by atoms with E-state index in [2.05, 4.69) is 4.98 Å². The Morgan fingerprint density at radius 3 is 2.42 bits per heavy atom. The van der Waals surface area contributed by atoms with E-state index >= 15 is 0 Å². The molecule has 0 aliphatic heterocycles. The lowest BCUT2D eigenvalue weighted by Gasteiger charge is -2.11. The fraction of sp³-hybridized carbons (Fsp3) is 0.412. The maximum Gasteiger partial charge on any atom is 0.389 e. The van der Waals surface area contributed by atoms with Crippen LogP contribution < -0.4 is 0 Å². The van der Waals surface area contributed by atoms with Crippen LogP contribution in [0.15, 0.2) is 18.2 Å². The van der Waals surface area contributed by atoms with Gasteiger partial charge in [-0.05, 0) is 30.5 Å². The summed E-state index contributed by atoms with van der Waals surface area (Å²) in [7, 11) is 0. The molecule has 0 atom stereocenters. The van der Waals surface area contributed by atoms with Crippen LogP contribution >= 0.6 is 0 Å². The molecule has 0 radical (unpaired) electrons. The van der Waals surface area contributed by atoms with Gasteiger partial charge >= 0.3 is 6.18 Å². The van der Waals surface area contributed by atoms with Gasteiger partial charge in [0.15, 0.2) is 0 Å². The third-order valence-corrected chi connectivity index (χ3v) is 3.73. The smallest absolute Gasteiger partial charge is 0.285 e. The lowest BCUT2D eigenvalue weighted by atomic mass is 10.1. The maximum atomic E-state index is 14.5. The van der Waals surface area contributed by atoms with Crippen LogP contribution in [0.4, 0.5) is 17.6 Å². The predicted molar refractivity (Wildman–Crippen MR) is 81.4 cm³/mol. The summed E-state index contributed by atoms with van der Waals surface area (Å²) in [5.74, 6) is -0.119. The van der Waals surface area contributed by atoms with E-state index < -0.39 is 18.4 Å². The molecule has 0 spiro atoms. The number of halogens is 4. The highest BCUT2D eigenvalue weighted by atomic mass is 19.4. The Morgan fingerprint density at radius 2 is 1.92 bits per heavy atom. The molecule has 0 aliphatic rings. The Kier molecular flexibility index (Phi) is 5.27. The van der Waals surface area contributed by atoms with Gasteiger partial charge < -0.3 is 0 Å². The van der Waals surface area contributed by atoms with Crippen LogP contribution in [0.25, 0.3) is 5.69 Å². The first kappa shape index (κ1) is 18.0. The van der Waals surface area contributed by atoms with Gasteiger partial charge in [-0.2, -0.15) is 18.4 Å². The quantitative estimate of drug-likeness (QED) is 0.753. The van der Waals surface area contributed by atoms with Crippen molar-refractivity contribution in [1.29, 1.82) is 5.26 Å². The van der Waals surface area contributed by atoms with Crippen LogP contribution in [0.3, 0.4) is 0 Å². The van der Waals surface area contributed by atoms with E-state index in [4.69, 9.17) is 0 Å². The molecule has 0 N–H and O–H groups in total. The summed E-state index contributed by atoms with van der Waals surface area (Å²) < 4.78 is 52.8. The molecule has 1 heterocycles. The Hall–Kier alpha value is -2.36. The number of hydrogen-bond donors (Lipinski definition) is 0. The molecule has 2 rings (SSSR count). The van der Waals surface area contributed by atoms with Crippen molar-refractivity contribution in [2.75, 3.05) is 0 Å². The standard InChI is InChI=1S/C17H17F4N3/c1-3-13-15(10-22)24(16(4-2)23-13)14-6-5-11(9-12(14)18)7-8-17(19,20)21/h5-6,9H,3-4,7-8H2,1-2H3. The topological polar surface area (TPSA) is 41.6 Å². The number of aromatic nitrogens is 2. The molecule has 7 heteroatoms. The Bertz CT molecular complexity index is 769. The minimum absolute atomic E-state index is 0.131. The molecule has 0 amide bonds. The third-order valence-electron chi connectivity index (χ3n) is 3.73. The Balaban J connectivity index is 2.44. The van der Waals surface area contributed by atoms with Crippen molar-refractivity contribution in [3.63, 3.8) is 0 Å². The summed E-state index contributed by atoms with van der Waals surface area (Å²) in [6.45, 7) is 3.69. The second-order valence-electron chi connectivity index (χ2n) is 5.38. The van der Waals surface area contributed by atoms with Gasteiger partial charge in [0.2, 0.25) is 0 Å². The molecule has 1 aromatic carbocycles. The normalized spacial score (nSPS) is 11.5. The zero-order valence-corrected chi connectivity index (χ0v) is 13.4. The van der Waals surface area contributed by atoms with Crippen molar-refractivity contribution in [2.45, 2.75) is 45.7 Å². The highest BCUT2D eigenvalue weighted by Crippen LogP contribution is 2.25. The van der Waals surface area contributed by atoms with E-state index in [9.17, 15) is 22.8 Å². The van der Waals surface area contributed by atoms with Crippen LogP contribution in [-0.4, -0.2) is 15.7 Å². The number of benzene rings is 1. The average Bonchev–Trinajstić information content (AvgIpc) is 2.89. The molecule has 24 heavy (non-hydrogen) atoms. The number of nitrogens with zero attached hydrogens (tertiary/aromatic N) is 3. The minimum Gasteiger partial charge on any atom is -0.285 e. The van der Waals surface area contributed by atoms with Crippen molar-refractivity contribution < 1.29 is 17.6 Å². The first-order valence-corrected chi connectivity index (χ1v) is 7.66. The lowest BCUT2D eigenvalue weighted by Crippen LogP contribution is -2.09. The van der Waals surface area contributed by atoms with Crippen LogP contribution in [0, 0.1) is 17.1 Å². The SMILES string of the molecule is CCc1nc(CC)n(-c2ccc(CCC(F)(F)F)cc2F)c1C#N. The van der Waals surface area contributed by atoms with Crippen molar-refractivity contribution in [1.82, 2.24) is 9.55 Å². The fourth-order valence-corrected chi connectivity index (χ4v) is 2.55. The first-order chi connectivity index (χ1) is 11.3. The van der Waals surface area contributed by atoms with Gasteiger partial charge in [0.05, 0.1) is 11.4 Å². The summed E-state index contributed by atoms with van der Waals surface area (Å²) in [6, 6.07) is 5.99.